The monoisotopic (exact) mass is 447 g/mol. The molecule has 33 heavy (non-hydrogen) atoms. The van der Waals surface area contributed by atoms with Crippen LogP contribution in [0.3, 0.4) is 0 Å². The quantitative estimate of drug-likeness (QED) is 0.316. The van der Waals surface area contributed by atoms with Crippen molar-refractivity contribution in [3.63, 3.8) is 0 Å². The van der Waals surface area contributed by atoms with Crippen molar-refractivity contribution in [1.29, 1.82) is 5.26 Å². The minimum absolute atomic E-state index is 0.0171. The highest BCUT2D eigenvalue weighted by molar-refractivity contribution is 5.78. The molecule has 3 saturated carbocycles. The minimum atomic E-state index is -0.361. The Bertz CT molecular complexity index is 1040. The normalized spacial score (nSPS) is 48.4. The van der Waals surface area contributed by atoms with Crippen LogP contribution >= 0.6 is 0 Å². The Labute approximate surface area is 200 Å². The molecule has 0 aromatic rings. The molecule has 5 aliphatic rings. The van der Waals surface area contributed by atoms with Gasteiger partial charge in [0.05, 0.1) is 18.6 Å². The Morgan fingerprint density at radius 3 is 2.55 bits per heavy atom. The Kier molecular flexibility index (Phi) is 4.93. The fourth-order valence-electron chi connectivity index (χ4n) is 9.69. The first kappa shape index (κ1) is 22.9. The van der Waals surface area contributed by atoms with Crippen LogP contribution in [0.1, 0.15) is 86.5 Å². The van der Waals surface area contributed by atoms with Crippen LogP contribution in [-0.2, 0) is 9.53 Å². The summed E-state index contributed by atoms with van der Waals surface area (Å²) in [6.45, 7) is 14.3. The lowest BCUT2D eigenvalue weighted by atomic mass is 9.36. The van der Waals surface area contributed by atoms with Crippen LogP contribution in [0, 0.1) is 56.7 Å². The van der Waals surface area contributed by atoms with E-state index in [0.717, 1.165) is 44.1 Å². The van der Waals surface area contributed by atoms with E-state index in [-0.39, 0.29) is 33.5 Å². The van der Waals surface area contributed by atoms with Crippen molar-refractivity contribution in [3.05, 3.63) is 34.4 Å². The standard InChI is InChI=1S/C30H41NO2/c1-18-10-13-30(26(32)33-7)15-14-27(4)23(25(30)20(18)3)8-9-24-28(27,5)12-11-22-19(2)16-21(17-31)29(22,24)6/h8,16,18,20,24-25H,9-15H2,1-7H3/t18-,20+,24+,25-,27-,28-,29+,30+/m1/s1. The van der Waals surface area contributed by atoms with Crippen LogP contribution in [0.25, 0.3) is 0 Å². The van der Waals surface area contributed by atoms with E-state index in [4.69, 9.17) is 4.74 Å². The number of allylic oxidation sites excluding steroid dienone is 6. The van der Waals surface area contributed by atoms with Gasteiger partial charge < -0.3 is 4.74 Å². The topological polar surface area (TPSA) is 50.1 Å². The summed E-state index contributed by atoms with van der Waals surface area (Å²) in [7, 11) is 1.57. The van der Waals surface area contributed by atoms with Crippen LogP contribution in [0.4, 0.5) is 0 Å². The molecule has 5 rings (SSSR count). The number of methoxy groups -OCH3 is 1. The fraction of sp³-hybridized carbons (Fsp3) is 0.733. The Morgan fingerprint density at radius 1 is 1.15 bits per heavy atom. The van der Waals surface area contributed by atoms with Crippen LogP contribution in [0.2, 0.25) is 0 Å². The lowest BCUT2D eigenvalue weighted by molar-refractivity contribution is -0.171. The number of nitrogens with zero attached hydrogens (tertiary/aromatic N) is 1. The van der Waals surface area contributed by atoms with E-state index in [1.165, 1.54) is 17.6 Å². The molecule has 0 aliphatic heterocycles. The summed E-state index contributed by atoms with van der Waals surface area (Å²) in [6.07, 6.45) is 12.0. The molecule has 3 nitrogen and oxygen atoms in total. The van der Waals surface area contributed by atoms with Crippen LogP contribution in [0.15, 0.2) is 34.4 Å². The van der Waals surface area contributed by atoms with Gasteiger partial charge in [0.2, 0.25) is 0 Å². The zero-order chi connectivity index (χ0) is 24.0. The lowest BCUT2D eigenvalue weighted by Crippen LogP contribution is -2.62. The molecule has 178 valence electrons. The minimum Gasteiger partial charge on any atom is -0.469 e. The first-order valence-electron chi connectivity index (χ1n) is 13.1. The second-order valence-corrected chi connectivity index (χ2v) is 12.7. The number of hydrogen-bond donors (Lipinski definition) is 0. The summed E-state index contributed by atoms with van der Waals surface area (Å²) in [4.78, 5) is 13.3. The van der Waals surface area contributed by atoms with E-state index in [2.05, 4.69) is 59.8 Å². The van der Waals surface area contributed by atoms with Crippen molar-refractivity contribution < 1.29 is 9.53 Å². The van der Waals surface area contributed by atoms with Crippen molar-refractivity contribution in [3.8, 4) is 6.07 Å². The van der Waals surface area contributed by atoms with E-state index in [9.17, 15) is 10.1 Å². The molecule has 0 unspecified atom stereocenters. The van der Waals surface area contributed by atoms with Crippen LogP contribution < -0.4 is 0 Å². The highest BCUT2D eigenvalue weighted by Gasteiger charge is 2.68. The maximum atomic E-state index is 13.3. The molecular formula is C30H41NO2. The predicted octanol–water partition coefficient (Wildman–Crippen LogP) is 7.16. The Morgan fingerprint density at radius 2 is 1.88 bits per heavy atom. The van der Waals surface area contributed by atoms with Crippen molar-refractivity contribution in [2.24, 2.45) is 45.3 Å². The van der Waals surface area contributed by atoms with Gasteiger partial charge in [-0.05, 0) is 98.0 Å². The second kappa shape index (κ2) is 7.10. The van der Waals surface area contributed by atoms with Gasteiger partial charge >= 0.3 is 5.97 Å². The molecule has 0 heterocycles. The van der Waals surface area contributed by atoms with Gasteiger partial charge in [-0.3, -0.25) is 4.79 Å². The molecule has 5 aliphatic carbocycles. The summed E-state index contributed by atoms with van der Waals surface area (Å²) in [5.41, 5.74) is 4.98. The maximum absolute atomic E-state index is 13.3. The highest BCUT2D eigenvalue weighted by atomic mass is 16.5. The van der Waals surface area contributed by atoms with Gasteiger partial charge in [0, 0.05) is 11.0 Å². The van der Waals surface area contributed by atoms with Gasteiger partial charge in [-0.2, -0.15) is 5.26 Å². The number of ether oxygens (including phenoxy) is 1. The van der Waals surface area contributed by atoms with Gasteiger partial charge in [0.1, 0.15) is 0 Å². The van der Waals surface area contributed by atoms with E-state index in [0.29, 0.717) is 17.8 Å². The van der Waals surface area contributed by atoms with E-state index >= 15 is 0 Å². The van der Waals surface area contributed by atoms with E-state index < -0.39 is 0 Å². The molecule has 0 aromatic carbocycles. The number of esters is 1. The number of rotatable bonds is 1. The third-order valence-electron chi connectivity index (χ3n) is 12.0. The molecule has 0 N–H and O–H groups in total. The van der Waals surface area contributed by atoms with E-state index in [1.54, 1.807) is 12.7 Å². The van der Waals surface area contributed by atoms with Crippen molar-refractivity contribution in [2.75, 3.05) is 7.11 Å². The third kappa shape index (κ3) is 2.54. The zero-order valence-electron chi connectivity index (χ0n) is 21.7. The summed E-state index contributed by atoms with van der Waals surface area (Å²) < 4.78 is 5.48. The van der Waals surface area contributed by atoms with Gasteiger partial charge in [-0.15, -0.1) is 0 Å². The molecule has 0 radical (unpaired) electrons. The molecule has 3 fully saturated rings. The van der Waals surface area contributed by atoms with Crippen LogP contribution in [0.5, 0.6) is 0 Å². The van der Waals surface area contributed by atoms with Crippen molar-refractivity contribution >= 4 is 5.97 Å². The average molecular weight is 448 g/mol. The molecule has 0 saturated heterocycles. The number of fused-ring (bicyclic) bond motifs is 7. The molecular weight excluding hydrogens is 406 g/mol. The van der Waals surface area contributed by atoms with Crippen molar-refractivity contribution in [1.82, 2.24) is 0 Å². The number of carbonyl (C=O) groups excluding carboxylic acids is 1. The smallest absolute Gasteiger partial charge is 0.312 e. The highest BCUT2D eigenvalue weighted by Crippen LogP contribution is 2.74. The lowest BCUT2D eigenvalue weighted by Gasteiger charge is -2.68. The first-order valence-corrected chi connectivity index (χ1v) is 13.1. The SMILES string of the molecule is COC(=O)[C@]12CC[C@@H](C)[C@H](C)[C@@H]1C1=CC[C@@H]3[C@@]4(C)C(C#N)=CC(C)=C4CC[C@@]3(C)[C@]1(C)CC2. The Balaban J connectivity index is 1.67. The summed E-state index contributed by atoms with van der Waals surface area (Å²) >= 11 is 0. The Hall–Kier alpha value is -1.82. The largest absolute Gasteiger partial charge is 0.469 e. The van der Waals surface area contributed by atoms with Gasteiger partial charge in [-0.25, -0.2) is 0 Å². The summed E-state index contributed by atoms with van der Waals surface area (Å²) in [5.74, 6) is 1.80. The van der Waals surface area contributed by atoms with Gasteiger partial charge in [-0.1, -0.05) is 51.8 Å². The average Bonchev–Trinajstić information content (AvgIpc) is 3.05. The third-order valence-corrected chi connectivity index (χ3v) is 12.0. The molecule has 0 spiro atoms. The number of hydrogen-bond acceptors (Lipinski definition) is 3. The molecule has 3 heteroatoms. The molecule has 0 amide bonds. The second-order valence-electron chi connectivity index (χ2n) is 12.7. The van der Waals surface area contributed by atoms with Gasteiger partial charge in [0.15, 0.2) is 0 Å². The van der Waals surface area contributed by atoms with Gasteiger partial charge in [0.25, 0.3) is 0 Å². The molecule has 0 bridgehead atoms. The fourth-order valence-corrected chi connectivity index (χ4v) is 9.69. The van der Waals surface area contributed by atoms with E-state index in [1.807, 2.05) is 0 Å². The summed E-state index contributed by atoms with van der Waals surface area (Å²) in [5, 5.41) is 10.1. The summed E-state index contributed by atoms with van der Waals surface area (Å²) in [6, 6.07) is 2.59. The number of carbonyl (C=O) groups is 1. The first-order chi connectivity index (χ1) is 15.5. The van der Waals surface area contributed by atoms with Crippen LogP contribution in [-0.4, -0.2) is 13.1 Å². The molecule has 0 aromatic heterocycles. The maximum Gasteiger partial charge on any atom is 0.312 e. The molecule has 8 atom stereocenters. The zero-order valence-corrected chi connectivity index (χ0v) is 21.7. The number of nitriles is 1. The predicted molar refractivity (Wildman–Crippen MR) is 131 cm³/mol. The van der Waals surface area contributed by atoms with Crippen molar-refractivity contribution in [2.45, 2.75) is 86.5 Å².